The van der Waals surface area contributed by atoms with Crippen molar-refractivity contribution in [1.82, 2.24) is 35.9 Å². The molecule has 0 unspecified atom stereocenters. The Hall–Kier alpha value is -6.56. The molecule has 3 amide bonds. The highest BCUT2D eigenvalue weighted by Gasteiger charge is 2.33. The van der Waals surface area contributed by atoms with Crippen LogP contribution in [0, 0.1) is 44.0 Å². The van der Waals surface area contributed by atoms with E-state index >= 15 is 0 Å². The molecule has 386 valence electrons. The zero-order valence-electron chi connectivity index (χ0n) is 40.0. The van der Waals surface area contributed by atoms with E-state index in [2.05, 4.69) is 59.0 Å². The smallest absolute Gasteiger partial charge is 0.326 e. The first-order valence-electron chi connectivity index (χ1n) is 22.7. The summed E-state index contributed by atoms with van der Waals surface area (Å²) in [5.74, 6) is 4.98. The van der Waals surface area contributed by atoms with E-state index in [9.17, 15) is 29.1 Å². The lowest BCUT2D eigenvalue weighted by molar-refractivity contribution is -0.139. The van der Waals surface area contributed by atoms with E-state index in [0.717, 1.165) is 0 Å². The molecule has 0 bridgehead atoms. The maximum atomic E-state index is 12.8. The lowest BCUT2D eigenvalue weighted by Crippen LogP contribution is -2.58. The van der Waals surface area contributed by atoms with Gasteiger partial charge >= 0.3 is 5.97 Å². The topological polar surface area (TPSA) is 291 Å². The van der Waals surface area contributed by atoms with Gasteiger partial charge in [-0.05, 0) is 37.6 Å². The zero-order valence-corrected chi connectivity index (χ0v) is 40.0. The number of amides is 3. The molecule has 0 fully saturated rings. The summed E-state index contributed by atoms with van der Waals surface area (Å²) in [5.41, 5.74) is 0.301. The number of anilines is 1. The van der Waals surface area contributed by atoms with Gasteiger partial charge in [-0.25, -0.2) is 19.7 Å². The van der Waals surface area contributed by atoms with Crippen LogP contribution < -0.4 is 26.8 Å². The average molecular weight is 993 g/mol. The molecule has 1 aromatic carbocycles. The summed E-state index contributed by atoms with van der Waals surface area (Å²) in [5, 5.41) is 20.8. The van der Waals surface area contributed by atoms with Crippen LogP contribution in [-0.4, -0.2) is 186 Å². The van der Waals surface area contributed by atoms with Crippen LogP contribution in [0.3, 0.4) is 0 Å². The average Bonchev–Trinajstić information content (AvgIpc) is 3.35. The van der Waals surface area contributed by atoms with Crippen molar-refractivity contribution in [3.8, 4) is 37.0 Å². The lowest BCUT2D eigenvalue weighted by Gasteiger charge is -2.33. The van der Waals surface area contributed by atoms with Crippen molar-refractivity contribution in [3.63, 3.8) is 0 Å². The Morgan fingerprint density at radius 2 is 1.23 bits per heavy atom. The number of fused-ring (bicyclic) bond motifs is 1. The number of aromatic nitrogens is 4. The number of benzene rings is 1. The van der Waals surface area contributed by atoms with Crippen molar-refractivity contribution < 1.29 is 66.9 Å². The van der Waals surface area contributed by atoms with Crippen LogP contribution >= 0.6 is 0 Å². The molecule has 0 radical (unpaired) electrons. The number of H-pyrrole nitrogens is 1. The molecule has 0 aliphatic rings. The number of aliphatic carboxylic acids is 1. The Labute approximate surface area is 412 Å². The molecule has 0 saturated heterocycles. The molecule has 23 heteroatoms. The molecule has 71 heavy (non-hydrogen) atoms. The molecule has 0 aliphatic carbocycles. The summed E-state index contributed by atoms with van der Waals surface area (Å²) in [6.45, 7) is 6.02. The number of carboxylic acids is 1. The van der Waals surface area contributed by atoms with Gasteiger partial charge in [0, 0.05) is 30.6 Å². The summed E-state index contributed by atoms with van der Waals surface area (Å²) in [7, 11) is 0. The van der Waals surface area contributed by atoms with Crippen molar-refractivity contribution in [3.05, 3.63) is 57.9 Å². The molecular formula is C48H64N8O15. The second-order valence-electron chi connectivity index (χ2n) is 15.2. The highest BCUT2D eigenvalue weighted by Crippen LogP contribution is 2.13. The summed E-state index contributed by atoms with van der Waals surface area (Å²) in [4.78, 5) is 77.2. The van der Waals surface area contributed by atoms with Crippen molar-refractivity contribution in [1.29, 1.82) is 0 Å². The molecule has 2 aromatic heterocycles. The summed E-state index contributed by atoms with van der Waals surface area (Å²) >= 11 is 0. The highest BCUT2D eigenvalue weighted by atomic mass is 16.6. The molecular weight excluding hydrogens is 929 g/mol. The third-order valence-electron chi connectivity index (χ3n) is 9.47. The first-order valence-corrected chi connectivity index (χ1v) is 22.7. The Morgan fingerprint density at radius 1 is 0.704 bits per heavy atom. The van der Waals surface area contributed by atoms with E-state index in [1.165, 1.54) is 18.3 Å². The van der Waals surface area contributed by atoms with Crippen LogP contribution in [0.1, 0.15) is 41.1 Å². The fourth-order valence-electron chi connectivity index (χ4n) is 6.08. The van der Waals surface area contributed by atoms with Crippen LogP contribution in [0.2, 0.25) is 0 Å². The number of carbonyl (C=O) groups is 4. The number of ether oxygens (including phenoxy) is 9. The molecule has 3 aromatic rings. The van der Waals surface area contributed by atoms with Gasteiger partial charge in [-0.15, -0.1) is 19.3 Å². The molecule has 23 nitrogen and oxygen atoms in total. The summed E-state index contributed by atoms with van der Waals surface area (Å²) in [6.07, 6.45) is 17.2. The van der Waals surface area contributed by atoms with Gasteiger partial charge in [0.15, 0.2) is 11.2 Å². The monoisotopic (exact) mass is 992 g/mol. The Bertz CT molecular complexity index is 2210. The minimum atomic E-state index is -1.29. The van der Waals surface area contributed by atoms with Crippen molar-refractivity contribution in [2.45, 2.75) is 44.3 Å². The number of nitrogens with one attached hydrogen (secondary N) is 5. The summed E-state index contributed by atoms with van der Waals surface area (Å²) < 4.78 is 49.4. The third-order valence-corrected chi connectivity index (χ3v) is 9.47. The van der Waals surface area contributed by atoms with Crippen LogP contribution in [0.25, 0.3) is 11.2 Å². The predicted molar refractivity (Wildman–Crippen MR) is 257 cm³/mol. The molecule has 1 atom stereocenters. The van der Waals surface area contributed by atoms with Gasteiger partial charge in [-0.1, -0.05) is 17.8 Å². The van der Waals surface area contributed by atoms with E-state index in [-0.39, 0.29) is 126 Å². The number of aromatic amines is 1. The number of nitrogens with zero attached hydrogens (tertiary/aromatic N) is 3. The predicted octanol–water partition coefficient (Wildman–Crippen LogP) is 0.00712. The Kier molecular flexibility index (Phi) is 29.4. The number of hydrogen-bond donors (Lipinski definition) is 6. The molecule has 0 aliphatic heterocycles. The van der Waals surface area contributed by atoms with Crippen molar-refractivity contribution in [2.75, 3.05) is 131 Å². The Balaban J connectivity index is 1.12. The molecule has 0 saturated carbocycles. The van der Waals surface area contributed by atoms with Gasteiger partial charge in [0.1, 0.15) is 37.2 Å². The highest BCUT2D eigenvalue weighted by molar-refractivity contribution is 5.97. The number of rotatable bonds is 40. The van der Waals surface area contributed by atoms with E-state index in [0.29, 0.717) is 76.7 Å². The van der Waals surface area contributed by atoms with Crippen LogP contribution in [0.15, 0.2) is 35.3 Å². The fourth-order valence-corrected chi connectivity index (χ4v) is 6.08. The Morgan fingerprint density at radius 3 is 1.75 bits per heavy atom. The number of terminal acetylenes is 3. The third kappa shape index (κ3) is 25.2. The van der Waals surface area contributed by atoms with Gasteiger partial charge in [0.2, 0.25) is 11.8 Å². The fraction of sp³-hybridized carbons (Fsp3) is 0.542. The second-order valence-corrected chi connectivity index (χ2v) is 15.2. The first-order chi connectivity index (χ1) is 34.5. The quantitative estimate of drug-likeness (QED) is 0.0323. The van der Waals surface area contributed by atoms with Crippen LogP contribution in [0.5, 0.6) is 0 Å². The number of carbonyl (C=O) groups excluding carboxylic acids is 3. The van der Waals surface area contributed by atoms with E-state index in [1.807, 2.05) is 0 Å². The van der Waals surface area contributed by atoms with E-state index in [1.54, 1.807) is 19.1 Å². The standard InChI is InChI=1S/C48H64N8O15/c1-5-16-69-33-48(34-70-17-6-2,35-71-18-7-3)56-42(58)14-19-63-21-23-65-25-27-67-29-30-68-28-26-66-24-22-64-20-15-49-41(57)13-12-40(47(61)62)55-45(59)37-8-10-38(11-9-37)50-31-39-32-51-44-43(54-39)46(60)53-36(4)52-44/h1-3,8-11,32,40,50H,12-31,33-35H2,4H3,(H,49,57)(H,55,59)(H,56,58)(H,61,62)(H,51,52,53,60)/t40-/m0/s1. The SMILES string of the molecule is C#CCOCC(COCC#C)(COCC#C)NC(=O)CCOCCOCCOCCOCCOCCOCCNC(=O)CC[C@H](NC(=O)c1ccc(NCc2cnc3nc(C)[nH]c(=O)c3n2)cc1)C(=O)O. The van der Waals surface area contributed by atoms with Crippen LogP contribution in [-0.2, 0) is 63.6 Å². The van der Waals surface area contributed by atoms with Gasteiger partial charge in [0.25, 0.3) is 11.5 Å². The van der Waals surface area contributed by atoms with Gasteiger partial charge < -0.3 is 74.0 Å². The lowest BCUT2D eigenvalue weighted by atomic mass is 10.0. The molecule has 0 spiro atoms. The second kappa shape index (κ2) is 35.5. The molecule has 6 N–H and O–H groups in total. The molecule has 2 heterocycles. The zero-order chi connectivity index (χ0) is 51.4. The number of aryl methyl sites for hydroxylation is 1. The van der Waals surface area contributed by atoms with Gasteiger partial charge in [-0.3, -0.25) is 19.2 Å². The maximum Gasteiger partial charge on any atom is 0.326 e. The normalized spacial score (nSPS) is 11.5. The van der Waals surface area contributed by atoms with Crippen LogP contribution in [0.4, 0.5) is 5.69 Å². The minimum absolute atomic E-state index is 0.0239. The first kappa shape index (κ1) is 58.8. The number of carboxylic acid groups (broad SMARTS) is 1. The summed E-state index contributed by atoms with van der Waals surface area (Å²) in [6, 6.07) is 5.04. The molecule has 3 rings (SSSR count). The minimum Gasteiger partial charge on any atom is -0.480 e. The van der Waals surface area contributed by atoms with Crippen molar-refractivity contribution in [2.24, 2.45) is 0 Å². The van der Waals surface area contributed by atoms with E-state index in [4.69, 9.17) is 61.9 Å². The maximum absolute atomic E-state index is 12.8. The van der Waals surface area contributed by atoms with Crippen molar-refractivity contribution >= 4 is 40.5 Å². The largest absolute Gasteiger partial charge is 0.480 e. The van der Waals surface area contributed by atoms with Gasteiger partial charge in [0.05, 0.1) is 118 Å². The number of hydrogen-bond acceptors (Lipinski definition) is 18. The van der Waals surface area contributed by atoms with Gasteiger partial charge in [-0.2, -0.15) is 0 Å². The van der Waals surface area contributed by atoms with E-state index < -0.39 is 23.5 Å².